The predicted octanol–water partition coefficient (Wildman–Crippen LogP) is 1.20. The number of imidazole rings is 1. The van der Waals surface area contributed by atoms with Crippen molar-refractivity contribution in [3.05, 3.63) is 48.5 Å². The summed E-state index contributed by atoms with van der Waals surface area (Å²) in [6.07, 6.45) is 5.52. The second-order valence-electron chi connectivity index (χ2n) is 5.86. The molecular formula is C16H22N4O2S. The fourth-order valence-corrected chi connectivity index (χ4v) is 4.15. The fourth-order valence-electron chi connectivity index (χ4n) is 2.73. The summed E-state index contributed by atoms with van der Waals surface area (Å²) < 4.78 is 28.9. The lowest BCUT2D eigenvalue weighted by Crippen LogP contribution is -2.49. The van der Waals surface area contributed by atoms with E-state index >= 15 is 0 Å². The van der Waals surface area contributed by atoms with Crippen LogP contribution in [0.1, 0.15) is 5.56 Å². The molecule has 1 fully saturated rings. The van der Waals surface area contributed by atoms with Crippen LogP contribution in [0.3, 0.4) is 0 Å². The largest absolute Gasteiger partial charge is 0.336 e. The van der Waals surface area contributed by atoms with Crippen LogP contribution in [-0.4, -0.2) is 59.9 Å². The van der Waals surface area contributed by atoms with Crippen LogP contribution in [0.4, 0.5) is 0 Å². The maximum Gasteiger partial charge on any atom is 0.243 e. The summed E-state index contributed by atoms with van der Waals surface area (Å²) in [6, 6.07) is 7.06. The molecule has 6 nitrogen and oxygen atoms in total. The van der Waals surface area contributed by atoms with Gasteiger partial charge >= 0.3 is 0 Å². The van der Waals surface area contributed by atoms with Gasteiger partial charge in [0.15, 0.2) is 0 Å². The van der Waals surface area contributed by atoms with Crippen molar-refractivity contribution < 1.29 is 8.42 Å². The molecule has 0 radical (unpaired) electrons. The highest BCUT2D eigenvalue weighted by Gasteiger charge is 2.28. The van der Waals surface area contributed by atoms with Crippen molar-refractivity contribution >= 4 is 10.0 Å². The lowest BCUT2D eigenvalue weighted by molar-refractivity contribution is 0.183. The number of aryl methyl sites for hydroxylation is 1. The van der Waals surface area contributed by atoms with Gasteiger partial charge in [-0.2, -0.15) is 4.31 Å². The Kier molecular flexibility index (Phi) is 4.79. The molecule has 124 valence electrons. The molecule has 0 N–H and O–H groups in total. The van der Waals surface area contributed by atoms with Gasteiger partial charge in [-0.25, -0.2) is 13.4 Å². The predicted molar refractivity (Wildman–Crippen MR) is 88.6 cm³/mol. The Morgan fingerprint density at radius 3 is 2.35 bits per heavy atom. The number of nitrogens with zero attached hydrogens (tertiary/aromatic N) is 4. The van der Waals surface area contributed by atoms with Crippen LogP contribution in [-0.2, 0) is 16.6 Å². The number of benzene rings is 1. The van der Waals surface area contributed by atoms with E-state index < -0.39 is 10.0 Å². The molecule has 0 atom stereocenters. The highest BCUT2D eigenvalue weighted by molar-refractivity contribution is 7.89. The standard InChI is InChI=1S/C16H22N4O2S/c1-15-2-4-16(5-3-15)23(21,22)20-12-10-18(11-13-20)8-9-19-7-6-17-14-19/h2-7,14H,8-13H2,1H3. The molecule has 2 aromatic rings. The first kappa shape index (κ1) is 16.2. The summed E-state index contributed by atoms with van der Waals surface area (Å²) in [5.41, 5.74) is 1.06. The molecule has 0 amide bonds. The number of hydrogen-bond acceptors (Lipinski definition) is 4. The first-order valence-corrected chi connectivity index (χ1v) is 9.24. The Labute approximate surface area is 137 Å². The molecular weight excluding hydrogens is 312 g/mol. The zero-order valence-electron chi connectivity index (χ0n) is 13.3. The Balaban J connectivity index is 1.56. The van der Waals surface area contributed by atoms with Crippen molar-refractivity contribution in [2.75, 3.05) is 32.7 Å². The Hall–Kier alpha value is -1.70. The maximum atomic E-state index is 12.6. The van der Waals surface area contributed by atoms with Gasteiger partial charge in [0.05, 0.1) is 11.2 Å². The number of hydrogen-bond donors (Lipinski definition) is 0. The van der Waals surface area contributed by atoms with Crippen molar-refractivity contribution in [3.8, 4) is 0 Å². The normalized spacial score (nSPS) is 17.4. The second kappa shape index (κ2) is 6.82. The third-order valence-electron chi connectivity index (χ3n) is 4.22. The molecule has 0 bridgehead atoms. The fraction of sp³-hybridized carbons (Fsp3) is 0.438. The van der Waals surface area contributed by atoms with E-state index in [2.05, 4.69) is 9.88 Å². The smallest absolute Gasteiger partial charge is 0.243 e. The molecule has 1 aromatic carbocycles. The second-order valence-corrected chi connectivity index (χ2v) is 7.80. The molecule has 1 aromatic heterocycles. The van der Waals surface area contributed by atoms with Gasteiger partial charge in [-0.1, -0.05) is 17.7 Å². The monoisotopic (exact) mass is 334 g/mol. The van der Waals surface area contributed by atoms with E-state index in [1.165, 1.54) is 0 Å². The minimum atomic E-state index is -3.37. The van der Waals surface area contributed by atoms with E-state index in [1.54, 1.807) is 29.0 Å². The third-order valence-corrected chi connectivity index (χ3v) is 6.14. The van der Waals surface area contributed by atoms with Gasteiger partial charge in [0, 0.05) is 51.7 Å². The Morgan fingerprint density at radius 1 is 1.04 bits per heavy atom. The number of aromatic nitrogens is 2. The Bertz CT molecular complexity index is 718. The van der Waals surface area contributed by atoms with Gasteiger partial charge < -0.3 is 4.57 Å². The summed E-state index contributed by atoms with van der Waals surface area (Å²) in [5.74, 6) is 0. The lowest BCUT2D eigenvalue weighted by atomic mass is 10.2. The van der Waals surface area contributed by atoms with Gasteiger partial charge in [-0.05, 0) is 19.1 Å². The van der Waals surface area contributed by atoms with Crippen molar-refractivity contribution in [3.63, 3.8) is 0 Å². The molecule has 3 rings (SSSR count). The molecule has 23 heavy (non-hydrogen) atoms. The number of sulfonamides is 1. The average Bonchev–Trinajstić information content (AvgIpc) is 3.07. The van der Waals surface area contributed by atoms with Crippen LogP contribution in [0.2, 0.25) is 0 Å². The molecule has 1 aliphatic heterocycles. The summed E-state index contributed by atoms with van der Waals surface area (Å²) >= 11 is 0. The van der Waals surface area contributed by atoms with Gasteiger partial charge in [0.25, 0.3) is 0 Å². The summed E-state index contributed by atoms with van der Waals surface area (Å²) in [6.45, 7) is 6.36. The van der Waals surface area contributed by atoms with Crippen LogP contribution in [0.5, 0.6) is 0 Å². The number of rotatable bonds is 5. The van der Waals surface area contributed by atoms with E-state index in [-0.39, 0.29) is 0 Å². The van der Waals surface area contributed by atoms with E-state index in [1.807, 2.05) is 29.8 Å². The topological polar surface area (TPSA) is 58.4 Å². The van der Waals surface area contributed by atoms with E-state index in [0.29, 0.717) is 18.0 Å². The lowest BCUT2D eigenvalue weighted by Gasteiger charge is -2.34. The number of piperazine rings is 1. The molecule has 0 aliphatic carbocycles. The van der Waals surface area contributed by atoms with Crippen LogP contribution in [0.25, 0.3) is 0 Å². The third kappa shape index (κ3) is 3.80. The quantitative estimate of drug-likeness (QED) is 0.824. The molecule has 1 saturated heterocycles. The first-order chi connectivity index (χ1) is 11.1. The van der Waals surface area contributed by atoms with E-state index in [0.717, 1.165) is 31.7 Å². The maximum absolute atomic E-state index is 12.6. The van der Waals surface area contributed by atoms with Gasteiger partial charge in [-0.15, -0.1) is 0 Å². The van der Waals surface area contributed by atoms with Gasteiger partial charge in [0.2, 0.25) is 10.0 Å². The van der Waals surface area contributed by atoms with Crippen molar-refractivity contribution in [1.82, 2.24) is 18.8 Å². The van der Waals surface area contributed by atoms with Crippen LogP contribution in [0.15, 0.2) is 47.9 Å². The molecule has 7 heteroatoms. The van der Waals surface area contributed by atoms with Crippen molar-refractivity contribution in [1.29, 1.82) is 0 Å². The van der Waals surface area contributed by atoms with Crippen LogP contribution >= 0.6 is 0 Å². The summed E-state index contributed by atoms with van der Waals surface area (Å²) in [4.78, 5) is 6.70. The minimum absolute atomic E-state index is 0.384. The zero-order chi connectivity index (χ0) is 16.3. The summed E-state index contributed by atoms with van der Waals surface area (Å²) in [7, 11) is -3.37. The molecule has 2 heterocycles. The highest BCUT2D eigenvalue weighted by Crippen LogP contribution is 2.18. The summed E-state index contributed by atoms with van der Waals surface area (Å²) in [5, 5.41) is 0. The minimum Gasteiger partial charge on any atom is -0.336 e. The molecule has 1 aliphatic rings. The molecule has 0 unspecified atom stereocenters. The highest BCUT2D eigenvalue weighted by atomic mass is 32.2. The van der Waals surface area contributed by atoms with Gasteiger partial charge in [0.1, 0.15) is 0 Å². The van der Waals surface area contributed by atoms with Crippen LogP contribution in [0, 0.1) is 6.92 Å². The molecule has 0 saturated carbocycles. The van der Waals surface area contributed by atoms with Crippen molar-refractivity contribution in [2.24, 2.45) is 0 Å². The molecule has 0 spiro atoms. The van der Waals surface area contributed by atoms with Gasteiger partial charge in [-0.3, -0.25) is 4.90 Å². The zero-order valence-corrected chi connectivity index (χ0v) is 14.1. The average molecular weight is 334 g/mol. The van der Waals surface area contributed by atoms with Crippen LogP contribution < -0.4 is 0 Å². The SMILES string of the molecule is Cc1ccc(S(=O)(=O)N2CCN(CCn3ccnc3)CC2)cc1. The first-order valence-electron chi connectivity index (χ1n) is 7.80. The van der Waals surface area contributed by atoms with E-state index in [9.17, 15) is 8.42 Å². The van der Waals surface area contributed by atoms with E-state index in [4.69, 9.17) is 0 Å². The van der Waals surface area contributed by atoms with Crippen molar-refractivity contribution in [2.45, 2.75) is 18.4 Å². The Morgan fingerprint density at radius 2 is 1.74 bits per heavy atom.